The minimum atomic E-state index is 0.652. The maximum atomic E-state index is 6.01. The summed E-state index contributed by atoms with van der Waals surface area (Å²) in [7, 11) is 0. The molecule has 0 saturated heterocycles. The molecule has 2 aromatic rings. The molecule has 0 unspecified atom stereocenters. The third-order valence-electron chi connectivity index (χ3n) is 3.04. The number of benzene rings is 2. The Bertz CT molecular complexity index is 678. The van der Waals surface area contributed by atoms with Crippen molar-refractivity contribution in [3.63, 3.8) is 0 Å². The average molecular weight is 311 g/mol. The second kappa shape index (κ2) is 8.97. The van der Waals surface area contributed by atoms with Crippen molar-refractivity contribution in [2.45, 2.75) is 26.2 Å². The van der Waals surface area contributed by atoms with E-state index in [2.05, 4.69) is 18.8 Å². The van der Waals surface area contributed by atoms with E-state index in [-0.39, 0.29) is 0 Å². The van der Waals surface area contributed by atoms with Gasteiger partial charge in [0.2, 0.25) is 0 Å². The Labute approximate surface area is 137 Å². The summed E-state index contributed by atoms with van der Waals surface area (Å²) in [6.07, 6.45) is 5.01. The van der Waals surface area contributed by atoms with Gasteiger partial charge in [0.15, 0.2) is 0 Å². The average Bonchev–Trinajstić information content (AvgIpc) is 2.54. The summed E-state index contributed by atoms with van der Waals surface area (Å²) in [5.41, 5.74) is 0.993. The van der Waals surface area contributed by atoms with E-state index in [1.54, 1.807) is 6.07 Å². The van der Waals surface area contributed by atoms with E-state index in [1.165, 1.54) is 0 Å². The Hall–Kier alpha value is -2.17. The lowest BCUT2D eigenvalue weighted by molar-refractivity contribution is 0.515. The number of halogens is 1. The Morgan fingerprint density at radius 1 is 1.14 bits per heavy atom. The van der Waals surface area contributed by atoms with Crippen molar-refractivity contribution >= 4 is 17.4 Å². The van der Waals surface area contributed by atoms with Crippen LogP contribution in [-0.4, -0.2) is 0 Å². The molecule has 22 heavy (non-hydrogen) atoms. The minimum Gasteiger partial charge on any atom is -0.456 e. The molecule has 0 aliphatic carbocycles. The predicted molar refractivity (Wildman–Crippen MR) is 93.8 cm³/mol. The van der Waals surface area contributed by atoms with E-state index >= 15 is 0 Å². The summed E-state index contributed by atoms with van der Waals surface area (Å²) in [5.74, 6) is 7.67. The molecule has 1 nitrogen and oxygen atoms in total. The maximum absolute atomic E-state index is 6.01. The molecule has 0 aliphatic heterocycles. The molecule has 0 spiro atoms. The summed E-state index contributed by atoms with van der Waals surface area (Å²) in [4.78, 5) is 0. The number of ether oxygens (including phenoxy) is 1. The zero-order chi connectivity index (χ0) is 15.6. The first-order valence-corrected chi connectivity index (χ1v) is 7.85. The zero-order valence-corrected chi connectivity index (χ0v) is 13.4. The second-order valence-electron chi connectivity index (χ2n) is 4.86. The lowest BCUT2D eigenvalue weighted by Gasteiger charge is -2.09. The molecule has 2 heteroatoms. The fourth-order valence-corrected chi connectivity index (χ4v) is 2.07. The van der Waals surface area contributed by atoms with Gasteiger partial charge in [0.25, 0.3) is 0 Å². The molecule has 0 aromatic heterocycles. The SMILES string of the molecule is CCCCC#C/C=C(\Oc1cccc(Cl)c1)c1ccccc1. The molecule has 112 valence electrons. The van der Waals surface area contributed by atoms with Crippen LogP contribution in [0.5, 0.6) is 5.75 Å². The van der Waals surface area contributed by atoms with E-state index in [4.69, 9.17) is 16.3 Å². The minimum absolute atomic E-state index is 0.652. The Kier molecular flexibility index (Phi) is 6.61. The zero-order valence-electron chi connectivity index (χ0n) is 12.7. The molecular formula is C20H19ClO. The van der Waals surface area contributed by atoms with Gasteiger partial charge in [0.05, 0.1) is 0 Å². The molecular weight excluding hydrogens is 292 g/mol. The van der Waals surface area contributed by atoms with Crippen molar-refractivity contribution in [1.29, 1.82) is 0 Å². The highest BCUT2D eigenvalue weighted by atomic mass is 35.5. The molecule has 0 radical (unpaired) electrons. The van der Waals surface area contributed by atoms with Gasteiger partial charge in [-0.15, -0.1) is 0 Å². The molecule has 0 amide bonds. The number of allylic oxidation sites excluding steroid dienone is 1. The van der Waals surface area contributed by atoms with Crippen LogP contribution in [0.3, 0.4) is 0 Å². The number of rotatable bonds is 5. The Morgan fingerprint density at radius 2 is 1.95 bits per heavy atom. The van der Waals surface area contributed by atoms with Crippen LogP contribution in [0.25, 0.3) is 5.76 Å². The van der Waals surface area contributed by atoms with Crippen LogP contribution in [0.15, 0.2) is 60.7 Å². The van der Waals surface area contributed by atoms with Crippen molar-refractivity contribution in [2.75, 3.05) is 0 Å². The smallest absolute Gasteiger partial charge is 0.142 e. The van der Waals surface area contributed by atoms with Crippen LogP contribution < -0.4 is 4.74 Å². The Balaban J connectivity index is 2.21. The van der Waals surface area contributed by atoms with Crippen LogP contribution >= 0.6 is 11.6 Å². The van der Waals surface area contributed by atoms with Crippen LogP contribution in [0.4, 0.5) is 0 Å². The number of hydrogen-bond donors (Lipinski definition) is 0. The van der Waals surface area contributed by atoms with Crippen LogP contribution in [-0.2, 0) is 0 Å². The maximum Gasteiger partial charge on any atom is 0.142 e. The van der Waals surface area contributed by atoms with Gasteiger partial charge in [-0.3, -0.25) is 0 Å². The largest absolute Gasteiger partial charge is 0.456 e. The monoisotopic (exact) mass is 310 g/mol. The molecule has 2 rings (SSSR count). The molecule has 2 aromatic carbocycles. The summed E-state index contributed by atoms with van der Waals surface area (Å²) in [6, 6.07) is 17.3. The molecule has 0 fully saturated rings. The van der Waals surface area contributed by atoms with E-state index in [1.807, 2.05) is 54.6 Å². The predicted octanol–water partition coefficient (Wildman–Crippen LogP) is 5.95. The highest BCUT2D eigenvalue weighted by Crippen LogP contribution is 2.23. The van der Waals surface area contributed by atoms with Gasteiger partial charge in [0.1, 0.15) is 11.5 Å². The molecule has 0 aliphatic rings. The highest BCUT2D eigenvalue weighted by molar-refractivity contribution is 6.30. The first-order valence-electron chi connectivity index (χ1n) is 7.47. The van der Waals surface area contributed by atoms with Gasteiger partial charge in [-0.1, -0.05) is 73.2 Å². The highest BCUT2D eigenvalue weighted by Gasteiger charge is 2.04. The molecule has 0 bridgehead atoms. The summed E-state index contributed by atoms with van der Waals surface area (Å²) in [5, 5.41) is 0.652. The van der Waals surface area contributed by atoms with E-state index in [9.17, 15) is 0 Å². The molecule has 0 saturated carbocycles. The van der Waals surface area contributed by atoms with Gasteiger partial charge >= 0.3 is 0 Å². The van der Waals surface area contributed by atoms with Gasteiger partial charge in [0, 0.05) is 23.1 Å². The first kappa shape index (κ1) is 16.2. The van der Waals surface area contributed by atoms with Crippen LogP contribution in [0.1, 0.15) is 31.7 Å². The van der Waals surface area contributed by atoms with E-state index < -0.39 is 0 Å². The summed E-state index contributed by atoms with van der Waals surface area (Å²) in [6.45, 7) is 2.16. The first-order chi connectivity index (χ1) is 10.8. The normalized spacial score (nSPS) is 10.7. The van der Waals surface area contributed by atoms with E-state index in [0.717, 1.165) is 30.6 Å². The fraction of sp³-hybridized carbons (Fsp3) is 0.200. The Morgan fingerprint density at radius 3 is 2.68 bits per heavy atom. The van der Waals surface area contributed by atoms with Crippen molar-refractivity contribution in [2.24, 2.45) is 0 Å². The third-order valence-corrected chi connectivity index (χ3v) is 3.28. The number of unbranched alkanes of at least 4 members (excludes halogenated alkanes) is 2. The molecule has 0 heterocycles. The van der Waals surface area contributed by atoms with Gasteiger partial charge < -0.3 is 4.74 Å². The number of hydrogen-bond acceptors (Lipinski definition) is 1. The van der Waals surface area contributed by atoms with Gasteiger partial charge in [-0.25, -0.2) is 0 Å². The fourth-order valence-electron chi connectivity index (χ4n) is 1.89. The van der Waals surface area contributed by atoms with Gasteiger partial charge in [-0.2, -0.15) is 0 Å². The van der Waals surface area contributed by atoms with Crippen LogP contribution in [0.2, 0.25) is 5.02 Å². The summed E-state index contributed by atoms with van der Waals surface area (Å²) >= 11 is 6.01. The quantitative estimate of drug-likeness (QED) is 0.376. The third kappa shape index (κ3) is 5.31. The van der Waals surface area contributed by atoms with Crippen molar-refractivity contribution < 1.29 is 4.74 Å². The second-order valence-corrected chi connectivity index (χ2v) is 5.30. The standard InChI is InChI=1S/C20H19ClO/c1-2-3-4-5-9-15-20(17-11-7-6-8-12-17)22-19-14-10-13-18(21)16-19/h6-8,10-16H,2-4H2,1H3/b20-15-. The van der Waals surface area contributed by atoms with Gasteiger partial charge in [-0.05, 0) is 24.6 Å². The van der Waals surface area contributed by atoms with Crippen molar-refractivity contribution in [3.05, 3.63) is 71.3 Å². The lowest BCUT2D eigenvalue weighted by Crippen LogP contribution is -1.94. The van der Waals surface area contributed by atoms with Crippen molar-refractivity contribution in [1.82, 2.24) is 0 Å². The molecule has 0 atom stereocenters. The topological polar surface area (TPSA) is 9.23 Å². The lowest BCUT2D eigenvalue weighted by atomic mass is 10.2. The van der Waals surface area contributed by atoms with E-state index in [0.29, 0.717) is 10.8 Å². The van der Waals surface area contributed by atoms with Crippen LogP contribution in [0, 0.1) is 11.8 Å². The summed E-state index contributed by atoms with van der Waals surface area (Å²) < 4.78 is 5.96. The molecule has 0 N–H and O–H groups in total. The van der Waals surface area contributed by atoms with Crippen molar-refractivity contribution in [3.8, 4) is 17.6 Å².